The maximum absolute atomic E-state index is 12.8. The summed E-state index contributed by atoms with van der Waals surface area (Å²) >= 11 is 0. The van der Waals surface area contributed by atoms with Crippen LogP contribution in [0, 0.1) is 5.92 Å². The highest BCUT2D eigenvalue weighted by molar-refractivity contribution is 5.98. The molecule has 0 N–H and O–H groups in total. The lowest BCUT2D eigenvalue weighted by Gasteiger charge is -2.32. The van der Waals surface area contributed by atoms with Gasteiger partial charge in [0.05, 0.1) is 0 Å². The van der Waals surface area contributed by atoms with Gasteiger partial charge < -0.3 is 9.47 Å². The number of likely N-dealkylation sites (tertiary alicyclic amines) is 1. The fourth-order valence-corrected chi connectivity index (χ4v) is 4.08. The molecule has 1 aromatic heterocycles. The first-order valence-corrected chi connectivity index (χ1v) is 9.59. The number of nitrogens with zero attached hydrogens (tertiary/aromatic N) is 2. The second-order valence-corrected chi connectivity index (χ2v) is 7.36. The number of hydrogen-bond acceptors (Lipinski definition) is 2. The Morgan fingerprint density at radius 2 is 1.70 bits per heavy atom. The van der Waals surface area contributed by atoms with Crippen LogP contribution in [0.3, 0.4) is 0 Å². The van der Waals surface area contributed by atoms with Gasteiger partial charge in [0.2, 0.25) is 5.91 Å². The first-order valence-electron chi connectivity index (χ1n) is 9.59. The van der Waals surface area contributed by atoms with E-state index in [9.17, 15) is 9.59 Å². The fraction of sp³-hybridized carbons (Fsp3) is 0.304. The molecule has 138 valence electrons. The number of aldehydes is 1. The van der Waals surface area contributed by atoms with E-state index in [2.05, 4.69) is 24.3 Å². The van der Waals surface area contributed by atoms with Crippen molar-refractivity contribution < 1.29 is 9.59 Å². The second kappa shape index (κ2) is 7.78. The molecule has 3 aromatic rings. The monoisotopic (exact) mass is 360 g/mol. The highest BCUT2D eigenvalue weighted by Gasteiger charge is 2.23. The van der Waals surface area contributed by atoms with Crippen molar-refractivity contribution in [1.29, 1.82) is 0 Å². The minimum atomic E-state index is 0.131. The number of rotatable bonds is 5. The minimum absolute atomic E-state index is 0.131. The van der Waals surface area contributed by atoms with Crippen LogP contribution in [0.25, 0.3) is 10.9 Å². The molecule has 2 aromatic carbocycles. The SMILES string of the molecule is O=Cc1cn(CC(=O)N2CCC(Cc3ccccc3)CC2)c2ccccc12. The zero-order chi connectivity index (χ0) is 18.6. The molecular weight excluding hydrogens is 336 g/mol. The molecule has 0 radical (unpaired) electrons. The normalized spacial score (nSPS) is 15.2. The number of piperidine rings is 1. The molecule has 4 rings (SSSR count). The number of fused-ring (bicyclic) bond motifs is 1. The van der Waals surface area contributed by atoms with Gasteiger partial charge in [-0.15, -0.1) is 0 Å². The van der Waals surface area contributed by atoms with Gasteiger partial charge in [0.25, 0.3) is 0 Å². The Morgan fingerprint density at radius 1 is 1.00 bits per heavy atom. The molecule has 1 fully saturated rings. The molecule has 0 saturated carbocycles. The van der Waals surface area contributed by atoms with Crippen LogP contribution in [0.2, 0.25) is 0 Å². The van der Waals surface area contributed by atoms with E-state index >= 15 is 0 Å². The van der Waals surface area contributed by atoms with E-state index in [1.807, 2.05) is 39.8 Å². The van der Waals surface area contributed by atoms with Crippen molar-refractivity contribution in [2.24, 2.45) is 5.92 Å². The standard InChI is InChI=1S/C23H24N2O2/c26-17-20-15-25(22-9-5-4-8-21(20)22)16-23(27)24-12-10-19(11-13-24)14-18-6-2-1-3-7-18/h1-9,15,17,19H,10-14,16H2. The molecule has 1 saturated heterocycles. The Hall–Kier alpha value is -2.88. The van der Waals surface area contributed by atoms with Gasteiger partial charge in [-0.3, -0.25) is 9.59 Å². The average Bonchev–Trinajstić information content (AvgIpc) is 3.07. The van der Waals surface area contributed by atoms with Crippen molar-refractivity contribution in [3.63, 3.8) is 0 Å². The van der Waals surface area contributed by atoms with Crippen molar-refractivity contribution in [2.45, 2.75) is 25.8 Å². The summed E-state index contributed by atoms with van der Waals surface area (Å²) in [5.41, 5.74) is 2.95. The van der Waals surface area contributed by atoms with Gasteiger partial charge in [-0.05, 0) is 36.8 Å². The molecule has 1 amide bonds. The number of hydrogen-bond donors (Lipinski definition) is 0. The molecule has 27 heavy (non-hydrogen) atoms. The largest absolute Gasteiger partial charge is 0.341 e. The molecule has 0 spiro atoms. The first-order chi connectivity index (χ1) is 13.2. The smallest absolute Gasteiger partial charge is 0.242 e. The number of aromatic nitrogens is 1. The predicted octanol–water partition coefficient (Wildman–Crippen LogP) is 3.94. The van der Waals surface area contributed by atoms with E-state index in [4.69, 9.17) is 0 Å². The van der Waals surface area contributed by atoms with E-state index in [1.165, 1.54) is 5.56 Å². The molecule has 0 bridgehead atoms. The predicted molar refractivity (Wildman–Crippen MR) is 107 cm³/mol. The number of para-hydroxylation sites is 1. The Bertz CT molecular complexity index is 937. The molecule has 0 atom stereocenters. The van der Waals surface area contributed by atoms with Crippen LogP contribution in [0.5, 0.6) is 0 Å². The molecule has 1 aliphatic heterocycles. The molecule has 2 heterocycles. The van der Waals surface area contributed by atoms with Gasteiger partial charge >= 0.3 is 0 Å². The summed E-state index contributed by atoms with van der Waals surface area (Å²) in [6, 6.07) is 18.3. The zero-order valence-electron chi connectivity index (χ0n) is 15.4. The number of amides is 1. The highest BCUT2D eigenvalue weighted by atomic mass is 16.2. The van der Waals surface area contributed by atoms with Crippen LogP contribution in [0.15, 0.2) is 60.8 Å². The molecular formula is C23H24N2O2. The Kier molecular flexibility index (Phi) is 5.05. The third-order valence-electron chi connectivity index (χ3n) is 5.59. The maximum atomic E-state index is 12.8. The summed E-state index contributed by atoms with van der Waals surface area (Å²) in [5.74, 6) is 0.775. The zero-order valence-corrected chi connectivity index (χ0v) is 15.4. The summed E-state index contributed by atoms with van der Waals surface area (Å²) in [6.07, 6.45) is 5.84. The summed E-state index contributed by atoms with van der Waals surface area (Å²) in [6.45, 7) is 1.92. The van der Waals surface area contributed by atoms with Gasteiger partial charge in [0.15, 0.2) is 6.29 Å². The van der Waals surface area contributed by atoms with Crippen LogP contribution in [0.4, 0.5) is 0 Å². The van der Waals surface area contributed by atoms with Gasteiger partial charge in [0, 0.05) is 35.8 Å². The lowest BCUT2D eigenvalue weighted by molar-refractivity contribution is -0.133. The van der Waals surface area contributed by atoms with E-state index in [0.717, 1.165) is 49.5 Å². The third-order valence-corrected chi connectivity index (χ3v) is 5.59. The van der Waals surface area contributed by atoms with E-state index in [0.29, 0.717) is 11.5 Å². The molecule has 0 aliphatic carbocycles. The highest BCUT2D eigenvalue weighted by Crippen LogP contribution is 2.23. The van der Waals surface area contributed by atoms with Gasteiger partial charge in [-0.1, -0.05) is 48.5 Å². The van der Waals surface area contributed by atoms with Crippen LogP contribution < -0.4 is 0 Å². The van der Waals surface area contributed by atoms with E-state index < -0.39 is 0 Å². The number of carbonyl (C=O) groups excluding carboxylic acids is 2. The third kappa shape index (κ3) is 3.80. The summed E-state index contributed by atoms with van der Waals surface area (Å²) in [4.78, 5) is 26.1. The summed E-state index contributed by atoms with van der Waals surface area (Å²) in [5, 5.41) is 0.905. The molecule has 4 nitrogen and oxygen atoms in total. The van der Waals surface area contributed by atoms with Crippen LogP contribution in [-0.4, -0.2) is 34.7 Å². The second-order valence-electron chi connectivity index (χ2n) is 7.36. The van der Waals surface area contributed by atoms with Crippen molar-refractivity contribution in [1.82, 2.24) is 9.47 Å². The Labute approximate surface area is 159 Å². The van der Waals surface area contributed by atoms with Crippen molar-refractivity contribution in [3.05, 3.63) is 71.9 Å². The maximum Gasteiger partial charge on any atom is 0.242 e. The van der Waals surface area contributed by atoms with Gasteiger partial charge in [-0.25, -0.2) is 0 Å². The lowest BCUT2D eigenvalue weighted by Crippen LogP contribution is -2.40. The van der Waals surface area contributed by atoms with E-state index in [1.54, 1.807) is 6.20 Å². The first kappa shape index (κ1) is 17.5. The van der Waals surface area contributed by atoms with Crippen molar-refractivity contribution in [3.8, 4) is 0 Å². The van der Waals surface area contributed by atoms with Crippen LogP contribution in [-0.2, 0) is 17.8 Å². The van der Waals surface area contributed by atoms with Crippen molar-refractivity contribution >= 4 is 23.1 Å². The molecule has 0 unspecified atom stereocenters. The quantitative estimate of drug-likeness (QED) is 0.647. The molecule has 1 aliphatic rings. The Morgan fingerprint density at radius 3 is 2.44 bits per heavy atom. The topological polar surface area (TPSA) is 42.3 Å². The minimum Gasteiger partial charge on any atom is -0.341 e. The number of carbonyl (C=O) groups is 2. The van der Waals surface area contributed by atoms with Crippen LogP contribution in [0.1, 0.15) is 28.8 Å². The lowest BCUT2D eigenvalue weighted by atomic mass is 9.90. The van der Waals surface area contributed by atoms with Crippen LogP contribution >= 0.6 is 0 Å². The Balaban J connectivity index is 1.38. The van der Waals surface area contributed by atoms with Crippen molar-refractivity contribution in [2.75, 3.05) is 13.1 Å². The van der Waals surface area contributed by atoms with E-state index in [-0.39, 0.29) is 12.5 Å². The fourth-order valence-electron chi connectivity index (χ4n) is 4.08. The average molecular weight is 360 g/mol. The summed E-state index contributed by atoms with van der Waals surface area (Å²) < 4.78 is 1.90. The molecule has 4 heteroatoms. The van der Waals surface area contributed by atoms with Gasteiger partial charge in [0.1, 0.15) is 6.54 Å². The summed E-state index contributed by atoms with van der Waals surface area (Å²) in [7, 11) is 0. The number of benzene rings is 2. The van der Waals surface area contributed by atoms with Gasteiger partial charge in [-0.2, -0.15) is 0 Å².